The van der Waals surface area contributed by atoms with Crippen molar-refractivity contribution in [2.24, 2.45) is 0 Å². The van der Waals surface area contributed by atoms with Crippen molar-refractivity contribution in [1.29, 1.82) is 0 Å². The monoisotopic (exact) mass is 353 g/mol. The maximum atomic E-state index is 12.6. The molecule has 0 aliphatic carbocycles. The molecule has 2 fully saturated rings. The maximum Gasteiger partial charge on any atom is 0.270 e. The average Bonchev–Trinajstić information content (AvgIpc) is 3.08. The number of ether oxygens (including phenoxy) is 1. The fourth-order valence-corrected chi connectivity index (χ4v) is 3.43. The predicted molar refractivity (Wildman–Crippen MR) is 89.4 cm³/mol. The van der Waals surface area contributed by atoms with Crippen molar-refractivity contribution in [2.45, 2.75) is 18.9 Å². The molecule has 3 rings (SSSR count). The van der Waals surface area contributed by atoms with Crippen molar-refractivity contribution in [2.75, 3.05) is 39.3 Å². The van der Waals surface area contributed by atoms with Crippen LogP contribution in [-0.4, -0.2) is 66.1 Å². The number of hydrogen-bond donors (Lipinski definition) is 0. The third-order valence-electron chi connectivity index (χ3n) is 4.54. The normalized spacial score (nSPS) is 21.9. The molecule has 2 aliphatic rings. The zero-order valence-electron chi connectivity index (χ0n) is 13.3. The molecule has 24 heavy (non-hydrogen) atoms. The van der Waals surface area contributed by atoms with Crippen LogP contribution in [0.4, 0.5) is 5.69 Å². The molecule has 2 aliphatic heterocycles. The molecule has 0 spiro atoms. The van der Waals surface area contributed by atoms with Crippen LogP contribution in [0.1, 0.15) is 23.2 Å². The summed E-state index contributed by atoms with van der Waals surface area (Å²) in [5.74, 6) is -0.174. The number of amides is 1. The van der Waals surface area contributed by atoms with Gasteiger partial charge < -0.3 is 9.64 Å². The lowest BCUT2D eigenvalue weighted by Crippen LogP contribution is -2.50. The van der Waals surface area contributed by atoms with Crippen LogP contribution in [-0.2, 0) is 4.74 Å². The van der Waals surface area contributed by atoms with E-state index in [1.165, 1.54) is 18.2 Å². The summed E-state index contributed by atoms with van der Waals surface area (Å²) in [6, 6.07) is 3.97. The Labute approximate surface area is 145 Å². The second-order valence-electron chi connectivity index (χ2n) is 6.15. The van der Waals surface area contributed by atoms with E-state index in [2.05, 4.69) is 4.90 Å². The number of nitro benzene ring substituents is 1. The summed E-state index contributed by atoms with van der Waals surface area (Å²) in [7, 11) is 0. The first-order chi connectivity index (χ1) is 11.5. The maximum absolute atomic E-state index is 12.6. The molecule has 0 saturated carbocycles. The van der Waals surface area contributed by atoms with Gasteiger partial charge in [0.2, 0.25) is 0 Å². The molecule has 0 aromatic heterocycles. The van der Waals surface area contributed by atoms with Crippen LogP contribution in [0, 0.1) is 10.1 Å². The van der Waals surface area contributed by atoms with Gasteiger partial charge in [-0.25, -0.2) is 0 Å². The quantitative estimate of drug-likeness (QED) is 0.612. The molecule has 0 bridgehead atoms. The van der Waals surface area contributed by atoms with Crippen molar-refractivity contribution < 1.29 is 14.5 Å². The summed E-state index contributed by atoms with van der Waals surface area (Å²) < 4.78 is 5.65. The summed E-state index contributed by atoms with van der Waals surface area (Å²) in [5.41, 5.74) is 0.202. The Morgan fingerprint density at radius 3 is 2.67 bits per heavy atom. The van der Waals surface area contributed by atoms with E-state index < -0.39 is 4.92 Å². The molecule has 2 saturated heterocycles. The summed E-state index contributed by atoms with van der Waals surface area (Å²) in [4.78, 5) is 26.9. The molecule has 2 heterocycles. The van der Waals surface area contributed by atoms with Gasteiger partial charge in [0, 0.05) is 51.5 Å². The van der Waals surface area contributed by atoms with Gasteiger partial charge in [0.15, 0.2) is 0 Å². The zero-order chi connectivity index (χ0) is 17.1. The van der Waals surface area contributed by atoms with Crippen LogP contribution >= 0.6 is 11.6 Å². The van der Waals surface area contributed by atoms with Crippen molar-refractivity contribution in [1.82, 2.24) is 9.80 Å². The number of non-ortho nitro benzene ring substituents is 1. The third kappa shape index (κ3) is 3.85. The van der Waals surface area contributed by atoms with Gasteiger partial charge in [-0.15, -0.1) is 0 Å². The first-order valence-corrected chi connectivity index (χ1v) is 8.49. The molecule has 0 N–H and O–H groups in total. The summed E-state index contributed by atoms with van der Waals surface area (Å²) in [5, 5.41) is 10.9. The van der Waals surface area contributed by atoms with E-state index in [1.807, 2.05) is 0 Å². The SMILES string of the molecule is O=C(c1ccc([N+](=O)[O-])cc1Cl)N1CCN(CC2CCCO2)CC1. The van der Waals surface area contributed by atoms with Crippen LogP contribution in [0.5, 0.6) is 0 Å². The van der Waals surface area contributed by atoms with Crippen LogP contribution in [0.15, 0.2) is 18.2 Å². The Morgan fingerprint density at radius 1 is 1.33 bits per heavy atom. The van der Waals surface area contributed by atoms with Gasteiger partial charge in [0.25, 0.3) is 11.6 Å². The minimum Gasteiger partial charge on any atom is -0.377 e. The van der Waals surface area contributed by atoms with E-state index in [1.54, 1.807) is 4.90 Å². The molecule has 0 radical (unpaired) electrons. The molecule has 1 unspecified atom stereocenters. The Balaban J connectivity index is 1.57. The molecule has 1 amide bonds. The highest BCUT2D eigenvalue weighted by molar-refractivity contribution is 6.34. The van der Waals surface area contributed by atoms with E-state index in [4.69, 9.17) is 16.3 Å². The van der Waals surface area contributed by atoms with Crippen molar-refractivity contribution in [3.63, 3.8) is 0 Å². The van der Waals surface area contributed by atoms with Gasteiger partial charge in [0.05, 0.1) is 21.6 Å². The number of piperazine rings is 1. The van der Waals surface area contributed by atoms with Crippen LogP contribution in [0.25, 0.3) is 0 Å². The molecule has 1 aromatic rings. The third-order valence-corrected chi connectivity index (χ3v) is 4.85. The van der Waals surface area contributed by atoms with E-state index in [0.717, 1.165) is 39.1 Å². The second kappa shape index (κ2) is 7.46. The van der Waals surface area contributed by atoms with Gasteiger partial charge in [0.1, 0.15) is 0 Å². The van der Waals surface area contributed by atoms with Crippen LogP contribution in [0.3, 0.4) is 0 Å². The van der Waals surface area contributed by atoms with Gasteiger partial charge in [-0.1, -0.05) is 11.6 Å². The standard InChI is InChI=1S/C16H20ClN3O4/c17-15-10-12(20(22)23)3-4-14(15)16(21)19-7-5-18(6-8-19)11-13-2-1-9-24-13/h3-4,10,13H,1-2,5-9,11H2. The molecule has 7 nitrogen and oxygen atoms in total. The highest BCUT2D eigenvalue weighted by Gasteiger charge is 2.26. The first-order valence-electron chi connectivity index (χ1n) is 8.12. The number of rotatable bonds is 4. The minimum atomic E-state index is -0.524. The Bertz CT molecular complexity index is 626. The molecular formula is C16H20ClN3O4. The molecule has 8 heteroatoms. The van der Waals surface area contributed by atoms with E-state index in [9.17, 15) is 14.9 Å². The highest BCUT2D eigenvalue weighted by Crippen LogP contribution is 2.24. The first kappa shape index (κ1) is 17.1. The number of carbonyl (C=O) groups is 1. The van der Waals surface area contributed by atoms with Gasteiger partial charge >= 0.3 is 0 Å². The zero-order valence-corrected chi connectivity index (χ0v) is 14.1. The van der Waals surface area contributed by atoms with Crippen LogP contribution < -0.4 is 0 Å². The molecule has 1 aromatic carbocycles. The number of hydrogen-bond acceptors (Lipinski definition) is 5. The fourth-order valence-electron chi connectivity index (χ4n) is 3.17. The Kier molecular flexibility index (Phi) is 5.33. The topological polar surface area (TPSA) is 75.9 Å². The number of halogens is 1. The van der Waals surface area contributed by atoms with Crippen molar-refractivity contribution in [3.8, 4) is 0 Å². The lowest BCUT2D eigenvalue weighted by atomic mass is 10.1. The summed E-state index contributed by atoms with van der Waals surface area (Å²) in [6.45, 7) is 4.62. The van der Waals surface area contributed by atoms with Crippen molar-refractivity contribution >= 4 is 23.2 Å². The summed E-state index contributed by atoms with van der Waals surface area (Å²) in [6.07, 6.45) is 2.55. The van der Waals surface area contributed by atoms with Crippen LogP contribution in [0.2, 0.25) is 5.02 Å². The number of nitro groups is 1. The van der Waals surface area contributed by atoms with Gasteiger partial charge in [-0.3, -0.25) is 19.8 Å². The smallest absolute Gasteiger partial charge is 0.270 e. The van der Waals surface area contributed by atoms with Gasteiger partial charge in [-0.2, -0.15) is 0 Å². The summed E-state index contributed by atoms with van der Waals surface area (Å²) >= 11 is 6.05. The number of carbonyl (C=O) groups excluding carboxylic acids is 1. The Hall–Kier alpha value is -1.70. The number of nitrogens with zero attached hydrogens (tertiary/aromatic N) is 3. The van der Waals surface area contributed by atoms with E-state index >= 15 is 0 Å². The van der Waals surface area contributed by atoms with E-state index in [0.29, 0.717) is 24.8 Å². The van der Waals surface area contributed by atoms with E-state index in [-0.39, 0.29) is 16.6 Å². The fraction of sp³-hybridized carbons (Fsp3) is 0.562. The van der Waals surface area contributed by atoms with Gasteiger partial charge in [-0.05, 0) is 18.9 Å². The lowest BCUT2D eigenvalue weighted by molar-refractivity contribution is -0.384. The predicted octanol–water partition coefficient (Wildman–Crippen LogP) is 2.18. The number of benzene rings is 1. The Morgan fingerprint density at radius 2 is 2.08 bits per heavy atom. The highest BCUT2D eigenvalue weighted by atomic mass is 35.5. The molecule has 130 valence electrons. The molecular weight excluding hydrogens is 334 g/mol. The van der Waals surface area contributed by atoms with Crippen molar-refractivity contribution in [3.05, 3.63) is 38.9 Å². The lowest BCUT2D eigenvalue weighted by Gasteiger charge is -2.35. The minimum absolute atomic E-state index is 0.113. The average molecular weight is 354 g/mol. The molecule has 1 atom stereocenters. The largest absolute Gasteiger partial charge is 0.377 e. The second-order valence-corrected chi connectivity index (χ2v) is 6.56.